The predicted octanol–water partition coefficient (Wildman–Crippen LogP) is 3.16. The van der Waals surface area contributed by atoms with Crippen molar-refractivity contribution in [1.29, 1.82) is 0 Å². The number of rotatable bonds is 6. The molecule has 1 unspecified atom stereocenters. The van der Waals surface area contributed by atoms with E-state index in [0.717, 1.165) is 21.6 Å². The zero-order valence-corrected chi connectivity index (χ0v) is 12.7. The fourth-order valence-electron chi connectivity index (χ4n) is 2.16. The summed E-state index contributed by atoms with van der Waals surface area (Å²) in [7, 11) is 0. The third-order valence-corrected chi connectivity index (χ3v) is 4.25. The van der Waals surface area contributed by atoms with E-state index in [1.165, 1.54) is 6.33 Å². The van der Waals surface area contributed by atoms with Crippen molar-refractivity contribution in [3.63, 3.8) is 0 Å². The zero-order valence-electron chi connectivity index (χ0n) is 11.9. The number of nitrogens with zero attached hydrogens (tertiary/aromatic N) is 2. The van der Waals surface area contributed by atoms with E-state index in [1.54, 1.807) is 11.3 Å². The first-order valence-electron chi connectivity index (χ1n) is 6.64. The van der Waals surface area contributed by atoms with Crippen molar-refractivity contribution < 1.29 is 9.90 Å². The standard InChI is InChI=1S/C14H19N3O2S/c1-8(2)4-10(14(18)19)5-15-13-12-11(16-7-17-13)9(3)6-20-12/h6-8,10H,4-5H2,1-3H3,(H,18,19)(H,15,16,17). The van der Waals surface area contributed by atoms with Gasteiger partial charge in [0.1, 0.15) is 12.1 Å². The number of nitrogens with one attached hydrogen (secondary N) is 1. The number of anilines is 1. The number of carboxylic acid groups (broad SMARTS) is 1. The number of hydrogen-bond acceptors (Lipinski definition) is 5. The molecule has 0 saturated heterocycles. The van der Waals surface area contributed by atoms with Crippen molar-refractivity contribution in [1.82, 2.24) is 9.97 Å². The van der Waals surface area contributed by atoms with Crippen LogP contribution in [0.3, 0.4) is 0 Å². The molecule has 0 spiro atoms. The first-order valence-corrected chi connectivity index (χ1v) is 7.52. The van der Waals surface area contributed by atoms with Gasteiger partial charge in [0, 0.05) is 6.54 Å². The Hall–Kier alpha value is -1.69. The predicted molar refractivity (Wildman–Crippen MR) is 81.2 cm³/mol. The van der Waals surface area contributed by atoms with E-state index in [0.29, 0.717) is 18.9 Å². The van der Waals surface area contributed by atoms with Crippen LogP contribution >= 0.6 is 11.3 Å². The fraction of sp³-hybridized carbons (Fsp3) is 0.500. The van der Waals surface area contributed by atoms with Crippen LogP contribution in [0.25, 0.3) is 10.2 Å². The second-order valence-corrected chi connectivity index (χ2v) is 6.24. The molecule has 2 rings (SSSR count). The Bertz CT molecular complexity index is 609. The molecule has 2 aromatic rings. The molecule has 0 bridgehead atoms. The molecule has 0 aliphatic heterocycles. The summed E-state index contributed by atoms with van der Waals surface area (Å²) in [6, 6.07) is 0. The van der Waals surface area contributed by atoms with Gasteiger partial charge in [-0.05, 0) is 30.2 Å². The largest absolute Gasteiger partial charge is 0.481 e. The lowest BCUT2D eigenvalue weighted by molar-refractivity contribution is -0.141. The molecule has 0 aliphatic carbocycles. The molecule has 1 atom stereocenters. The average Bonchev–Trinajstić information content (AvgIpc) is 2.76. The normalized spacial score (nSPS) is 12.8. The minimum atomic E-state index is -0.765. The van der Waals surface area contributed by atoms with Gasteiger partial charge in [0.15, 0.2) is 0 Å². The zero-order chi connectivity index (χ0) is 14.7. The Morgan fingerprint density at radius 2 is 2.20 bits per heavy atom. The molecule has 6 heteroatoms. The van der Waals surface area contributed by atoms with Gasteiger partial charge in [0.2, 0.25) is 0 Å². The van der Waals surface area contributed by atoms with Crippen LogP contribution in [0.2, 0.25) is 0 Å². The molecule has 0 aliphatic rings. The molecule has 108 valence electrons. The number of carbonyl (C=O) groups is 1. The Kier molecular flexibility index (Phi) is 4.54. The molecule has 2 aromatic heterocycles. The van der Waals surface area contributed by atoms with Crippen molar-refractivity contribution in [3.05, 3.63) is 17.3 Å². The van der Waals surface area contributed by atoms with E-state index in [-0.39, 0.29) is 0 Å². The molecule has 2 N–H and O–H groups in total. The Labute approximate surface area is 122 Å². The first-order chi connectivity index (χ1) is 9.49. The third-order valence-electron chi connectivity index (χ3n) is 3.15. The molecule has 0 aromatic carbocycles. The summed E-state index contributed by atoms with van der Waals surface area (Å²) in [5, 5.41) is 14.4. The summed E-state index contributed by atoms with van der Waals surface area (Å²) >= 11 is 1.58. The Balaban J connectivity index is 2.13. The van der Waals surface area contributed by atoms with Crippen molar-refractivity contribution in [2.75, 3.05) is 11.9 Å². The quantitative estimate of drug-likeness (QED) is 0.855. The topological polar surface area (TPSA) is 75.1 Å². The first kappa shape index (κ1) is 14.7. The summed E-state index contributed by atoms with van der Waals surface area (Å²) in [5.41, 5.74) is 2.05. The summed E-state index contributed by atoms with van der Waals surface area (Å²) in [6.45, 7) is 6.45. The number of aromatic nitrogens is 2. The summed E-state index contributed by atoms with van der Waals surface area (Å²) < 4.78 is 0.985. The van der Waals surface area contributed by atoms with Crippen LogP contribution in [0.15, 0.2) is 11.7 Å². The summed E-state index contributed by atoms with van der Waals surface area (Å²) in [4.78, 5) is 19.7. The molecular formula is C14H19N3O2S. The maximum atomic E-state index is 11.3. The van der Waals surface area contributed by atoms with Crippen molar-refractivity contribution in [2.45, 2.75) is 27.2 Å². The van der Waals surface area contributed by atoms with Crippen LogP contribution in [0, 0.1) is 18.8 Å². The molecule has 0 radical (unpaired) electrons. The van der Waals surface area contributed by atoms with Crippen LogP contribution in [0.1, 0.15) is 25.8 Å². The Morgan fingerprint density at radius 1 is 1.45 bits per heavy atom. The average molecular weight is 293 g/mol. The summed E-state index contributed by atoms with van der Waals surface area (Å²) in [5.74, 6) is -0.0876. The highest BCUT2D eigenvalue weighted by Crippen LogP contribution is 2.28. The van der Waals surface area contributed by atoms with E-state index in [2.05, 4.69) is 15.3 Å². The lowest BCUT2D eigenvalue weighted by atomic mass is 9.97. The fourth-order valence-corrected chi connectivity index (χ4v) is 3.12. The number of fused-ring (bicyclic) bond motifs is 1. The molecule has 2 heterocycles. The maximum Gasteiger partial charge on any atom is 0.308 e. The van der Waals surface area contributed by atoms with Gasteiger partial charge in [0.05, 0.1) is 16.1 Å². The van der Waals surface area contributed by atoms with Gasteiger partial charge in [-0.15, -0.1) is 11.3 Å². The van der Waals surface area contributed by atoms with Gasteiger partial charge in [-0.1, -0.05) is 13.8 Å². The van der Waals surface area contributed by atoms with Gasteiger partial charge in [-0.2, -0.15) is 0 Å². The van der Waals surface area contributed by atoms with Crippen LogP contribution < -0.4 is 5.32 Å². The van der Waals surface area contributed by atoms with Crippen molar-refractivity contribution in [3.8, 4) is 0 Å². The number of carboxylic acids is 1. The van der Waals surface area contributed by atoms with Gasteiger partial charge < -0.3 is 10.4 Å². The van der Waals surface area contributed by atoms with Crippen LogP contribution in [-0.2, 0) is 4.79 Å². The van der Waals surface area contributed by atoms with Crippen LogP contribution in [0.5, 0.6) is 0 Å². The lowest BCUT2D eigenvalue weighted by Gasteiger charge is -2.15. The second-order valence-electron chi connectivity index (χ2n) is 5.36. The SMILES string of the molecule is Cc1csc2c(NCC(CC(C)C)C(=O)O)ncnc12. The molecule has 20 heavy (non-hydrogen) atoms. The minimum Gasteiger partial charge on any atom is -0.481 e. The van der Waals surface area contributed by atoms with E-state index >= 15 is 0 Å². The number of thiophene rings is 1. The van der Waals surface area contributed by atoms with Gasteiger partial charge in [-0.25, -0.2) is 9.97 Å². The highest BCUT2D eigenvalue weighted by Gasteiger charge is 2.19. The smallest absolute Gasteiger partial charge is 0.308 e. The molecular weight excluding hydrogens is 274 g/mol. The van der Waals surface area contributed by atoms with Gasteiger partial charge in [-0.3, -0.25) is 4.79 Å². The second kappa shape index (κ2) is 6.17. The van der Waals surface area contributed by atoms with E-state index < -0.39 is 11.9 Å². The molecule has 0 saturated carbocycles. The maximum absolute atomic E-state index is 11.3. The lowest BCUT2D eigenvalue weighted by Crippen LogP contribution is -2.24. The number of aryl methyl sites for hydroxylation is 1. The number of hydrogen-bond donors (Lipinski definition) is 2. The highest BCUT2D eigenvalue weighted by molar-refractivity contribution is 7.18. The van der Waals surface area contributed by atoms with Crippen molar-refractivity contribution >= 4 is 33.3 Å². The summed E-state index contributed by atoms with van der Waals surface area (Å²) in [6.07, 6.45) is 2.17. The number of aliphatic carboxylic acids is 1. The minimum absolute atomic E-state index is 0.354. The van der Waals surface area contributed by atoms with Crippen LogP contribution in [0.4, 0.5) is 5.82 Å². The molecule has 0 amide bonds. The van der Waals surface area contributed by atoms with E-state index in [1.807, 2.05) is 26.2 Å². The van der Waals surface area contributed by atoms with E-state index in [9.17, 15) is 9.90 Å². The highest BCUT2D eigenvalue weighted by atomic mass is 32.1. The molecule has 5 nitrogen and oxygen atoms in total. The molecule has 0 fully saturated rings. The third kappa shape index (κ3) is 3.25. The van der Waals surface area contributed by atoms with Crippen molar-refractivity contribution in [2.24, 2.45) is 11.8 Å². The Morgan fingerprint density at radius 3 is 2.85 bits per heavy atom. The monoisotopic (exact) mass is 293 g/mol. The van der Waals surface area contributed by atoms with E-state index in [4.69, 9.17) is 0 Å². The van der Waals surface area contributed by atoms with Gasteiger partial charge >= 0.3 is 5.97 Å². The van der Waals surface area contributed by atoms with Crippen LogP contribution in [-0.4, -0.2) is 27.6 Å². The van der Waals surface area contributed by atoms with Gasteiger partial charge in [0.25, 0.3) is 0 Å².